The van der Waals surface area contributed by atoms with Crippen molar-refractivity contribution in [2.24, 2.45) is 5.92 Å². The first-order valence-corrected chi connectivity index (χ1v) is 13.6. The quantitative estimate of drug-likeness (QED) is 0.438. The third-order valence-electron chi connectivity index (χ3n) is 7.20. The molecular formula is C29H42N2O3. The van der Waals surface area contributed by atoms with Gasteiger partial charge in [0.1, 0.15) is 17.3 Å². The Balaban J connectivity index is 1.43. The molecule has 3 aliphatic rings. The highest BCUT2D eigenvalue weighted by Crippen LogP contribution is 2.43. The molecule has 186 valence electrons. The van der Waals surface area contributed by atoms with Gasteiger partial charge in [0.2, 0.25) is 5.91 Å². The van der Waals surface area contributed by atoms with E-state index in [9.17, 15) is 4.79 Å². The summed E-state index contributed by atoms with van der Waals surface area (Å²) in [5.41, 5.74) is 2.07. The van der Waals surface area contributed by atoms with E-state index < -0.39 is 0 Å². The van der Waals surface area contributed by atoms with Gasteiger partial charge in [-0.25, -0.2) is 0 Å². The summed E-state index contributed by atoms with van der Waals surface area (Å²) < 4.78 is 12.6. The molecule has 1 saturated carbocycles. The van der Waals surface area contributed by atoms with Gasteiger partial charge in [0.15, 0.2) is 0 Å². The Bertz CT molecular complexity index is 866. The monoisotopic (exact) mass is 466 g/mol. The SMILES string of the molecule is CCCNCC(=O)NC1C2=CCCC=C2Oc2cc(OCC3CCCCCCCCC3)ccc21. The van der Waals surface area contributed by atoms with Crippen molar-refractivity contribution in [1.82, 2.24) is 10.6 Å². The maximum Gasteiger partial charge on any atom is 0.234 e. The van der Waals surface area contributed by atoms with E-state index in [2.05, 4.69) is 35.8 Å². The lowest BCUT2D eigenvalue weighted by atomic mass is 9.89. The van der Waals surface area contributed by atoms with Crippen molar-refractivity contribution in [2.75, 3.05) is 19.7 Å². The summed E-state index contributed by atoms with van der Waals surface area (Å²) in [6.45, 7) is 4.04. The molecule has 1 aromatic carbocycles. The largest absolute Gasteiger partial charge is 0.493 e. The molecule has 1 aliphatic heterocycles. The molecule has 1 amide bonds. The van der Waals surface area contributed by atoms with E-state index >= 15 is 0 Å². The molecule has 0 saturated heterocycles. The highest BCUT2D eigenvalue weighted by molar-refractivity contribution is 5.79. The summed E-state index contributed by atoms with van der Waals surface area (Å²) in [5, 5.41) is 6.42. The molecule has 0 spiro atoms. The number of carbonyl (C=O) groups excluding carboxylic acids is 1. The first-order chi connectivity index (χ1) is 16.7. The predicted molar refractivity (Wildman–Crippen MR) is 137 cm³/mol. The van der Waals surface area contributed by atoms with Gasteiger partial charge in [-0.3, -0.25) is 4.79 Å². The molecule has 5 nitrogen and oxygen atoms in total. The minimum absolute atomic E-state index is 0.00782. The molecule has 1 fully saturated rings. The Labute approximate surface area is 205 Å². The minimum Gasteiger partial charge on any atom is -0.493 e. The van der Waals surface area contributed by atoms with Crippen LogP contribution in [0.4, 0.5) is 0 Å². The Hall–Kier alpha value is -2.27. The molecule has 0 aromatic heterocycles. The fourth-order valence-electron chi connectivity index (χ4n) is 5.27. The zero-order chi connectivity index (χ0) is 23.6. The van der Waals surface area contributed by atoms with Crippen molar-refractivity contribution in [3.63, 3.8) is 0 Å². The smallest absolute Gasteiger partial charge is 0.234 e. The third kappa shape index (κ3) is 6.88. The topological polar surface area (TPSA) is 59.6 Å². The number of rotatable bonds is 8. The average molecular weight is 467 g/mol. The van der Waals surface area contributed by atoms with E-state index in [0.717, 1.165) is 60.8 Å². The van der Waals surface area contributed by atoms with Crippen LogP contribution in [-0.4, -0.2) is 25.6 Å². The number of benzene rings is 1. The molecule has 0 bridgehead atoms. The van der Waals surface area contributed by atoms with Crippen LogP contribution in [0, 0.1) is 5.92 Å². The Morgan fingerprint density at radius 2 is 1.76 bits per heavy atom. The number of carbonyl (C=O) groups is 1. The Kier molecular flexibility index (Phi) is 9.49. The van der Waals surface area contributed by atoms with Gasteiger partial charge in [-0.15, -0.1) is 0 Å². The second-order valence-electron chi connectivity index (χ2n) is 10.0. The predicted octanol–water partition coefficient (Wildman–Crippen LogP) is 6.36. The van der Waals surface area contributed by atoms with Gasteiger partial charge in [-0.2, -0.15) is 0 Å². The van der Waals surface area contributed by atoms with E-state index in [4.69, 9.17) is 9.47 Å². The van der Waals surface area contributed by atoms with Crippen LogP contribution in [0.2, 0.25) is 0 Å². The van der Waals surface area contributed by atoms with E-state index in [-0.39, 0.29) is 11.9 Å². The number of ether oxygens (including phenoxy) is 2. The molecule has 1 heterocycles. The van der Waals surface area contributed by atoms with Crippen LogP contribution in [0.25, 0.3) is 0 Å². The van der Waals surface area contributed by atoms with Crippen LogP contribution < -0.4 is 20.1 Å². The highest BCUT2D eigenvalue weighted by atomic mass is 16.5. The number of hydrogen-bond donors (Lipinski definition) is 2. The lowest BCUT2D eigenvalue weighted by Crippen LogP contribution is -2.39. The van der Waals surface area contributed by atoms with E-state index in [0.29, 0.717) is 12.5 Å². The molecule has 1 unspecified atom stereocenters. The summed E-state index contributed by atoms with van der Waals surface area (Å²) >= 11 is 0. The Morgan fingerprint density at radius 3 is 2.53 bits per heavy atom. The van der Waals surface area contributed by atoms with Gasteiger partial charge in [-0.05, 0) is 62.8 Å². The Morgan fingerprint density at radius 1 is 1.03 bits per heavy atom. The summed E-state index contributed by atoms with van der Waals surface area (Å²) in [7, 11) is 0. The van der Waals surface area contributed by atoms with Gasteiger partial charge in [-0.1, -0.05) is 57.9 Å². The first-order valence-electron chi connectivity index (χ1n) is 13.6. The number of allylic oxidation sites excluding steroid dienone is 2. The fraction of sp³-hybridized carbons (Fsp3) is 0.621. The van der Waals surface area contributed by atoms with Gasteiger partial charge in [0.25, 0.3) is 0 Å². The van der Waals surface area contributed by atoms with Gasteiger partial charge in [0.05, 0.1) is 19.2 Å². The van der Waals surface area contributed by atoms with Crippen molar-refractivity contribution in [2.45, 2.75) is 90.0 Å². The molecule has 34 heavy (non-hydrogen) atoms. The zero-order valence-electron chi connectivity index (χ0n) is 20.9. The summed E-state index contributed by atoms with van der Waals surface area (Å²) in [6.07, 6.45) is 19.3. The highest BCUT2D eigenvalue weighted by Gasteiger charge is 2.32. The lowest BCUT2D eigenvalue weighted by molar-refractivity contribution is -0.120. The molecule has 2 aliphatic carbocycles. The van der Waals surface area contributed by atoms with Crippen LogP contribution in [0.3, 0.4) is 0 Å². The first kappa shape index (κ1) is 24.8. The minimum atomic E-state index is -0.182. The molecule has 1 aromatic rings. The van der Waals surface area contributed by atoms with Gasteiger partial charge < -0.3 is 20.1 Å². The van der Waals surface area contributed by atoms with Crippen molar-refractivity contribution in [1.29, 1.82) is 0 Å². The van der Waals surface area contributed by atoms with Crippen LogP contribution in [0.5, 0.6) is 11.5 Å². The van der Waals surface area contributed by atoms with Crippen LogP contribution in [0.1, 0.15) is 95.6 Å². The van der Waals surface area contributed by atoms with E-state index in [1.165, 1.54) is 57.8 Å². The fourth-order valence-corrected chi connectivity index (χ4v) is 5.27. The van der Waals surface area contributed by atoms with Crippen LogP contribution in [0.15, 0.2) is 41.7 Å². The molecular weight excluding hydrogens is 424 g/mol. The summed E-state index contributed by atoms with van der Waals surface area (Å²) in [6, 6.07) is 5.93. The van der Waals surface area contributed by atoms with Crippen LogP contribution >= 0.6 is 0 Å². The summed E-state index contributed by atoms with van der Waals surface area (Å²) in [5.74, 6) is 3.16. The second-order valence-corrected chi connectivity index (χ2v) is 10.0. The molecule has 1 atom stereocenters. The number of nitrogens with one attached hydrogen (secondary N) is 2. The van der Waals surface area contributed by atoms with E-state index in [1.54, 1.807) is 0 Å². The van der Waals surface area contributed by atoms with Crippen molar-refractivity contribution in [3.05, 3.63) is 47.2 Å². The van der Waals surface area contributed by atoms with Crippen LogP contribution in [-0.2, 0) is 4.79 Å². The molecule has 4 rings (SSSR count). The van der Waals surface area contributed by atoms with Gasteiger partial charge in [0, 0.05) is 17.2 Å². The lowest BCUT2D eigenvalue weighted by Gasteiger charge is -2.33. The third-order valence-corrected chi connectivity index (χ3v) is 7.20. The number of fused-ring (bicyclic) bond motifs is 2. The van der Waals surface area contributed by atoms with Crippen molar-refractivity contribution < 1.29 is 14.3 Å². The van der Waals surface area contributed by atoms with Crippen molar-refractivity contribution >= 4 is 5.91 Å². The summed E-state index contributed by atoms with van der Waals surface area (Å²) in [4.78, 5) is 12.6. The van der Waals surface area contributed by atoms with Gasteiger partial charge >= 0.3 is 0 Å². The number of amides is 1. The molecule has 0 radical (unpaired) electrons. The number of hydrogen-bond acceptors (Lipinski definition) is 4. The zero-order valence-corrected chi connectivity index (χ0v) is 20.9. The molecule has 5 heteroatoms. The normalized spacial score (nSPS) is 21.3. The van der Waals surface area contributed by atoms with E-state index in [1.807, 2.05) is 12.1 Å². The maximum absolute atomic E-state index is 12.6. The standard InChI is InChI=1S/C29H42N2O3/c1-2-18-30-20-28(32)31-29-24-14-10-11-15-26(24)34-27-19-23(16-17-25(27)29)33-21-22-12-8-6-4-3-5-7-9-13-22/h14-17,19,22,29-30H,2-13,18,20-21H2,1H3,(H,31,32). The van der Waals surface area contributed by atoms with Crippen molar-refractivity contribution in [3.8, 4) is 11.5 Å². The second kappa shape index (κ2) is 13.0. The maximum atomic E-state index is 12.6. The molecule has 2 N–H and O–H groups in total. The average Bonchev–Trinajstić information content (AvgIpc) is 2.86.